The van der Waals surface area contributed by atoms with Crippen LogP contribution in [0.4, 0.5) is 5.69 Å². The Balaban J connectivity index is 1.85. The molecule has 1 aliphatic rings. The van der Waals surface area contributed by atoms with Gasteiger partial charge in [-0.2, -0.15) is 15.8 Å². The average molecular weight is 639 g/mol. The van der Waals surface area contributed by atoms with Gasteiger partial charge in [0.05, 0.1) is 13.1 Å². The number of carbonyl (C=O) groups excluding carboxylic acids is 2. The lowest BCUT2D eigenvalue weighted by Crippen LogP contribution is -2.31. The zero-order valence-electron chi connectivity index (χ0n) is 26.9. The number of allylic oxidation sites excluding steroid dienone is 2. The van der Waals surface area contributed by atoms with E-state index >= 15 is 0 Å². The minimum absolute atomic E-state index is 0.0288. The molecular weight excluding hydrogens is 600 g/mol. The summed E-state index contributed by atoms with van der Waals surface area (Å²) in [5, 5.41) is 28.6. The molecule has 0 N–H and O–H groups in total. The number of nitriles is 3. The number of esters is 2. The van der Waals surface area contributed by atoms with Crippen LogP contribution in [0.15, 0.2) is 58.9 Å². The van der Waals surface area contributed by atoms with E-state index in [-0.39, 0.29) is 42.1 Å². The predicted molar refractivity (Wildman–Crippen MR) is 179 cm³/mol. The van der Waals surface area contributed by atoms with Crippen molar-refractivity contribution in [3.63, 3.8) is 0 Å². The van der Waals surface area contributed by atoms with Gasteiger partial charge in [0.25, 0.3) is 0 Å². The number of hydrogen-bond acceptors (Lipinski definition) is 10. The average Bonchev–Trinajstić information content (AvgIpc) is 3.53. The number of carbonyl (C=O) groups is 2. The summed E-state index contributed by atoms with van der Waals surface area (Å²) in [6.45, 7) is 9.90. The Morgan fingerprint density at radius 2 is 1.59 bits per heavy atom. The van der Waals surface area contributed by atoms with Crippen LogP contribution < -0.4 is 4.90 Å². The third-order valence-corrected chi connectivity index (χ3v) is 8.27. The van der Waals surface area contributed by atoms with E-state index in [1.54, 1.807) is 11.3 Å². The molecule has 46 heavy (non-hydrogen) atoms. The van der Waals surface area contributed by atoms with Crippen LogP contribution in [-0.2, 0) is 30.2 Å². The van der Waals surface area contributed by atoms with Gasteiger partial charge < -0.3 is 19.1 Å². The molecule has 0 aliphatic carbocycles. The maximum atomic E-state index is 11.2. The van der Waals surface area contributed by atoms with Crippen LogP contribution >= 0.6 is 11.3 Å². The van der Waals surface area contributed by atoms with Gasteiger partial charge in [-0.3, -0.25) is 9.59 Å². The summed E-state index contributed by atoms with van der Waals surface area (Å²) in [5.41, 5.74) is 2.85. The first-order chi connectivity index (χ1) is 22.0. The van der Waals surface area contributed by atoms with Gasteiger partial charge in [-0.15, -0.1) is 11.3 Å². The van der Waals surface area contributed by atoms with Crippen molar-refractivity contribution in [2.75, 3.05) is 31.2 Å². The van der Waals surface area contributed by atoms with Gasteiger partial charge in [0.2, 0.25) is 0 Å². The van der Waals surface area contributed by atoms with Crippen LogP contribution in [0.1, 0.15) is 68.3 Å². The van der Waals surface area contributed by atoms with E-state index in [0.29, 0.717) is 18.7 Å². The fraction of sp³-hybridized carbons (Fsp3) is 0.361. The molecular formula is C36H38N4O5S. The van der Waals surface area contributed by atoms with E-state index in [2.05, 4.69) is 25.1 Å². The number of unbranched alkanes of at least 4 members (excludes halogenated alkanes) is 1. The van der Waals surface area contributed by atoms with Crippen molar-refractivity contribution < 1.29 is 23.8 Å². The van der Waals surface area contributed by atoms with Crippen molar-refractivity contribution in [2.24, 2.45) is 0 Å². The number of ether oxygens (including phenoxy) is 3. The second-order valence-corrected chi connectivity index (χ2v) is 12.1. The number of aryl methyl sites for hydroxylation is 1. The van der Waals surface area contributed by atoms with Crippen LogP contribution in [0.3, 0.4) is 0 Å². The third-order valence-electron chi connectivity index (χ3n) is 7.16. The van der Waals surface area contributed by atoms with E-state index in [1.165, 1.54) is 19.4 Å². The molecule has 0 unspecified atom stereocenters. The molecule has 1 aliphatic heterocycles. The van der Waals surface area contributed by atoms with Gasteiger partial charge in [0.15, 0.2) is 11.3 Å². The highest BCUT2D eigenvalue weighted by Crippen LogP contribution is 2.41. The Morgan fingerprint density at radius 1 is 0.957 bits per heavy atom. The number of benzene rings is 1. The lowest BCUT2D eigenvalue weighted by Gasteiger charge is -2.24. The molecule has 9 nitrogen and oxygen atoms in total. The lowest BCUT2D eigenvalue weighted by atomic mass is 9.94. The molecule has 0 saturated carbocycles. The first-order valence-electron chi connectivity index (χ1n) is 15.0. The molecule has 0 saturated heterocycles. The van der Waals surface area contributed by atoms with Crippen molar-refractivity contribution in [2.45, 2.75) is 59.5 Å². The van der Waals surface area contributed by atoms with E-state index in [4.69, 9.17) is 14.2 Å². The largest absolute Gasteiger partial charge is 0.480 e. The standard InChI is InChI=1S/C36H38N4O5S/c1-6-7-8-28-21-31(46-34(28)16-15-33-32(24-39)35(29(22-37)23-38)45-36(33,4)5)14-11-27-9-12-30(13-10-27)40(17-19-43-25(2)41)18-20-44-26(3)42/h9-16,21H,6-8,17-20H2,1-5H3/b14-11+,16-15+. The summed E-state index contributed by atoms with van der Waals surface area (Å²) in [7, 11) is 0. The summed E-state index contributed by atoms with van der Waals surface area (Å²) in [6, 6.07) is 15.9. The molecule has 0 atom stereocenters. The topological polar surface area (TPSA) is 136 Å². The molecule has 0 amide bonds. The Hall–Kier alpha value is -5.11. The minimum atomic E-state index is -0.873. The highest BCUT2D eigenvalue weighted by molar-refractivity contribution is 7.14. The van der Waals surface area contributed by atoms with Gasteiger partial charge in [-0.1, -0.05) is 37.6 Å². The quantitative estimate of drug-likeness (QED) is 0.156. The predicted octanol–water partition coefficient (Wildman–Crippen LogP) is 7.14. The van der Waals surface area contributed by atoms with Gasteiger partial charge in [-0.05, 0) is 68.2 Å². The second-order valence-electron chi connectivity index (χ2n) is 11.0. The monoisotopic (exact) mass is 638 g/mol. The molecule has 238 valence electrons. The molecule has 0 spiro atoms. The summed E-state index contributed by atoms with van der Waals surface area (Å²) in [4.78, 5) is 26.6. The fourth-order valence-corrected chi connectivity index (χ4v) is 5.85. The minimum Gasteiger partial charge on any atom is -0.480 e. The molecule has 1 aromatic heterocycles. The molecule has 2 heterocycles. The zero-order valence-corrected chi connectivity index (χ0v) is 27.7. The number of hydrogen-bond donors (Lipinski definition) is 0. The SMILES string of the molecule is CCCCc1cc(/C=C/c2ccc(N(CCOC(C)=O)CCOC(C)=O)cc2)sc1/C=C/C1=C(C#N)C(=C(C#N)C#N)OC1(C)C. The number of rotatable bonds is 14. The van der Waals surface area contributed by atoms with Gasteiger partial charge in [0, 0.05) is 34.9 Å². The second kappa shape index (κ2) is 16.8. The fourth-order valence-electron chi connectivity index (χ4n) is 4.84. The highest BCUT2D eigenvalue weighted by Gasteiger charge is 2.38. The highest BCUT2D eigenvalue weighted by atomic mass is 32.1. The van der Waals surface area contributed by atoms with E-state index in [9.17, 15) is 25.4 Å². The van der Waals surface area contributed by atoms with Crippen molar-refractivity contribution in [3.05, 3.63) is 79.8 Å². The van der Waals surface area contributed by atoms with Gasteiger partial charge >= 0.3 is 11.9 Å². The first kappa shape index (κ1) is 35.4. The van der Waals surface area contributed by atoms with Crippen LogP contribution in [0.25, 0.3) is 18.2 Å². The molecule has 1 aromatic carbocycles. The Labute approximate surface area is 274 Å². The van der Waals surface area contributed by atoms with Crippen LogP contribution in [0.5, 0.6) is 0 Å². The van der Waals surface area contributed by atoms with Crippen LogP contribution in [0, 0.1) is 34.0 Å². The molecule has 10 heteroatoms. The third kappa shape index (κ3) is 9.69. The maximum Gasteiger partial charge on any atom is 0.302 e. The molecule has 3 rings (SSSR count). The van der Waals surface area contributed by atoms with Crippen molar-refractivity contribution >= 4 is 47.2 Å². The Morgan fingerprint density at radius 3 is 2.13 bits per heavy atom. The molecule has 0 radical (unpaired) electrons. The Kier molecular flexibility index (Phi) is 12.9. The first-order valence-corrected chi connectivity index (χ1v) is 15.8. The molecule has 0 fully saturated rings. The summed E-state index contributed by atoms with van der Waals surface area (Å²) < 4.78 is 16.1. The smallest absolute Gasteiger partial charge is 0.302 e. The lowest BCUT2D eigenvalue weighted by molar-refractivity contribution is -0.141. The summed E-state index contributed by atoms with van der Waals surface area (Å²) >= 11 is 1.64. The van der Waals surface area contributed by atoms with Crippen molar-refractivity contribution in [3.8, 4) is 18.2 Å². The van der Waals surface area contributed by atoms with Crippen LogP contribution in [-0.4, -0.2) is 43.8 Å². The van der Waals surface area contributed by atoms with Crippen LogP contribution in [0.2, 0.25) is 0 Å². The van der Waals surface area contributed by atoms with Crippen molar-refractivity contribution in [1.82, 2.24) is 0 Å². The number of nitrogens with zero attached hydrogens (tertiary/aromatic N) is 4. The summed E-state index contributed by atoms with van der Waals surface area (Å²) in [5.74, 6) is -0.662. The molecule has 2 aromatic rings. The molecule has 0 bridgehead atoms. The summed E-state index contributed by atoms with van der Waals surface area (Å²) in [6.07, 6.45) is 11.0. The number of anilines is 1. The van der Waals surface area contributed by atoms with E-state index < -0.39 is 5.60 Å². The van der Waals surface area contributed by atoms with E-state index in [0.717, 1.165) is 40.3 Å². The number of thiophene rings is 1. The maximum absolute atomic E-state index is 11.2. The van der Waals surface area contributed by atoms with Gasteiger partial charge in [0.1, 0.15) is 42.6 Å². The van der Waals surface area contributed by atoms with Crippen molar-refractivity contribution in [1.29, 1.82) is 15.8 Å². The van der Waals surface area contributed by atoms with E-state index in [1.807, 2.05) is 73.4 Å². The zero-order chi connectivity index (χ0) is 33.7. The normalized spacial score (nSPS) is 13.7. The van der Waals surface area contributed by atoms with Gasteiger partial charge in [-0.25, -0.2) is 0 Å². The Bertz CT molecular complexity index is 1640.